The number of aryl methyl sites for hydroxylation is 1. The van der Waals surface area contributed by atoms with Gasteiger partial charge in [-0.3, -0.25) is 9.59 Å². The first-order valence-corrected chi connectivity index (χ1v) is 11.0. The van der Waals surface area contributed by atoms with Gasteiger partial charge in [-0.2, -0.15) is 0 Å². The number of rotatable bonds is 5. The Hall–Kier alpha value is -3.12. The fraction of sp³-hybridized carbons (Fsp3) is 0.200. The maximum Gasteiger partial charge on any atom is 0.251 e. The van der Waals surface area contributed by atoms with Crippen molar-refractivity contribution in [2.24, 2.45) is 0 Å². The first kappa shape index (κ1) is 21.1. The van der Waals surface area contributed by atoms with Gasteiger partial charge in [0.15, 0.2) is 0 Å². The van der Waals surface area contributed by atoms with Crippen LogP contribution in [0.1, 0.15) is 27.0 Å². The number of hydrogen-bond donors (Lipinski definition) is 2. The molecule has 1 aliphatic heterocycles. The van der Waals surface area contributed by atoms with Crippen LogP contribution in [0.15, 0.2) is 71.2 Å². The van der Waals surface area contributed by atoms with Crippen LogP contribution in [0.3, 0.4) is 0 Å². The van der Waals surface area contributed by atoms with Crippen molar-refractivity contribution in [1.82, 2.24) is 5.32 Å². The second kappa shape index (κ2) is 9.35. The smallest absolute Gasteiger partial charge is 0.251 e. The second-order valence-electron chi connectivity index (χ2n) is 7.68. The summed E-state index contributed by atoms with van der Waals surface area (Å²) in [5.74, 6) is -0.527. The van der Waals surface area contributed by atoms with Gasteiger partial charge in [0, 0.05) is 34.5 Å². The molecule has 0 atom stereocenters. The number of anilines is 2. The molecule has 3 aromatic carbocycles. The van der Waals surface area contributed by atoms with E-state index in [1.165, 1.54) is 11.1 Å². The molecule has 0 saturated carbocycles. The number of fused-ring (bicyclic) bond motifs is 1. The summed E-state index contributed by atoms with van der Waals surface area (Å²) in [6.45, 7) is 3.66. The highest BCUT2D eigenvalue weighted by molar-refractivity contribution is 9.10. The van der Waals surface area contributed by atoms with Crippen LogP contribution in [-0.4, -0.2) is 24.9 Å². The molecule has 0 aliphatic carbocycles. The fourth-order valence-electron chi connectivity index (χ4n) is 3.76. The number of nitrogens with one attached hydrogen (secondary N) is 2. The van der Waals surface area contributed by atoms with Crippen LogP contribution >= 0.6 is 15.9 Å². The predicted octanol–water partition coefficient (Wildman–Crippen LogP) is 4.69. The molecule has 158 valence electrons. The lowest BCUT2D eigenvalue weighted by Crippen LogP contribution is -2.33. The number of amides is 2. The predicted molar refractivity (Wildman–Crippen MR) is 127 cm³/mol. The van der Waals surface area contributed by atoms with Crippen molar-refractivity contribution < 1.29 is 9.59 Å². The highest BCUT2D eigenvalue weighted by Crippen LogP contribution is 2.24. The Morgan fingerprint density at radius 3 is 2.48 bits per heavy atom. The molecule has 0 saturated heterocycles. The van der Waals surface area contributed by atoms with Crippen molar-refractivity contribution >= 4 is 39.1 Å². The molecule has 1 heterocycles. The van der Waals surface area contributed by atoms with Crippen LogP contribution in [0, 0.1) is 6.92 Å². The Morgan fingerprint density at radius 2 is 1.74 bits per heavy atom. The maximum absolute atomic E-state index is 12.5. The molecule has 6 heteroatoms. The van der Waals surface area contributed by atoms with E-state index >= 15 is 0 Å². The molecule has 1 aliphatic rings. The van der Waals surface area contributed by atoms with E-state index in [1.54, 1.807) is 0 Å². The van der Waals surface area contributed by atoms with Crippen LogP contribution in [0.2, 0.25) is 0 Å². The van der Waals surface area contributed by atoms with Crippen molar-refractivity contribution in [3.8, 4) is 0 Å². The average Bonchev–Trinajstić information content (AvgIpc) is 2.79. The fourth-order valence-corrected chi connectivity index (χ4v) is 4.24. The van der Waals surface area contributed by atoms with E-state index in [0.29, 0.717) is 5.56 Å². The standard InChI is InChI=1S/C25H24BrN3O2/c1-17-14-21(26)8-11-23(17)28-24(30)15-27-25(31)19-6-9-22(10-7-19)29-13-12-18-4-2-3-5-20(18)16-29/h2-11,14H,12-13,15-16H2,1H3,(H,27,31)(H,28,30). The van der Waals surface area contributed by atoms with Crippen molar-refractivity contribution in [3.05, 3.63) is 93.5 Å². The number of carbonyl (C=O) groups is 2. The van der Waals surface area contributed by atoms with E-state index in [1.807, 2.05) is 49.4 Å². The Morgan fingerprint density at radius 1 is 1.00 bits per heavy atom. The summed E-state index contributed by atoms with van der Waals surface area (Å²) in [5.41, 5.74) is 6.07. The summed E-state index contributed by atoms with van der Waals surface area (Å²) in [6, 6.07) is 21.7. The molecule has 0 aromatic heterocycles. The Labute approximate surface area is 190 Å². The van der Waals surface area contributed by atoms with Crippen LogP contribution in [0.4, 0.5) is 11.4 Å². The summed E-state index contributed by atoms with van der Waals surface area (Å²) < 4.78 is 0.952. The molecule has 0 fully saturated rings. The van der Waals surface area contributed by atoms with Crippen LogP contribution < -0.4 is 15.5 Å². The third kappa shape index (κ3) is 5.14. The van der Waals surface area contributed by atoms with Crippen LogP contribution in [0.5, 0.6) is 0 Å². The van der Waals surface area contributed by atoms with E-state index in [-0.39, 0.29) is 18.4 Å². The molecule has 3 aromatic rings. The quantitative estimate of drug-likeness (QED) is 0.560. The monoisotopic (exact) mass is 477 g/mol. The van der Waals surface area contributed by atoms with Crippen molar-refractivity contribution in [2.75, 3.05) is 23.3 Å². The average molecular weight is 478 g/mol. The van der Waals surface area contributed by atoms with Crippen molar-refractivity contribution in [3.63, 3.8) is 0 Å². The van der Waals surface area contributed by atoms with Gasteiger partial charge in [0.25, 0.3) is 5.91 Å². The third-order valence-electron chi connectivity index (χ3n) is 5.50. The van der Waals surface area contributed by atoms with Crippen molar-refractivity contribution in [1.29, 1.82) is 0 Å². The minimum Gasteiger partial charge on any atom is -0.367 e. The third-order valence-corrected chi connectivity index (χ3v) is 5.99. The van der Waals surface area contributed by atoms with E-state index in [9.17, 15) is 9.59 Å². The maximum atomic E-state index is 12.5. The van der Waals surface area contributed by atoms with Gasteiger partial charge in [-0.15, -0.1) is 0 Å². The highest BCUT2D eigenvalue weighted by Gasteiger charge is 2.16. The molecule has 0 radical (unpaired) electrons. The van der Waals surface area contributed by atoms with Gasteiger partial charge in [0.2, 0.25) is 5.91 Å². The van der Waals surface area contributed by atoms with Gasteiger partial charge in [-0.05, 0) is 72.5 Å². The van der Waals surface area contributed by atoms with E-state index in [4.69, 9.17) is 0 Å². The lowest BCUT2D eigenvalue weighted by atomic mass is 9.99. The molecule has 2 N–H and O–H groups in total. The van der Waals surface area contributed by atoms with Gasteiger partial charge in [0.05, 0.1) is 6.54 Å². The summed E-state index contributed by atoms with van der Waals surface area (Å²) in [6.07, 6.45) is 1.02. The van der Waals surface area contributed by atoms with Crippen LogP contribution in [-0.2, 0) is 17.8 Å². The summed E-state index contributed by atoms with van der Waals surface area (Å²) in [4.78, 5) is 27.0. The van der Waals surface area contributed by atoms with Gasteiger partial charge in [-0.1, -0.05) is 40.2 Å². The minimum atomic E-state index is -0.266. The first-order chi connectivity index (χ1) is 15.0. The molecule has 2 amide bonds. The Bertz CT molecular complexity index is 1110. The molecule has 0 spiro atoms. The molecule has 0 unspecified atom stereocenters. The number of halogens is 1. The lowest BCUT2D eigenvalue weighted by molar-refractivity contribution is -0.115. The first-order valence-electron chi connectivity index (χ1n) is 10.3. The Kier molecular flexibility index (Phi) is 6.37. The zero-order valence-corrected chi connectivity index (χ0v) is 18.9. The molecular formula is C25H24BrN3O2. The molecule has 31 heavy (non-hydrogen) atoms. The van der Waals surface area contributed by atoms with Crippen LogP contribution in [0.25, 0.3) is 0 Å². The van der Waals surface area contributed by atoms with E-state index in [2.05, 4.69) is 55.7 Å². The lowest BCUT2D eigenvalue weighted by Gasteiger charge is -2.30. The molecule has 5 nitrogen and oxygen atoms in total. The van der Waals surface area contributed by atoms with Gasteiger partial charge >= 0.3 is 0 Å². The van der Waals surface area contributed by atoms with Gasteiger partial charge in [-0.25, -0.2) is 0 Å². The highest BCUT2D eigenvalue weighted by atomic mass is 79.9. The number of carbonyl (C=O) groups excluding carboxylic acids is 2. The van der Waals surface area contributed by atoms with E-state index in [0.717, 1.165) is 40.9 Å². The zero-order valence-electron chi connectivity index (χ0n) is 17.3. The number of hydrogen-bond acceptors (Lipinski definition) is 3. The normalized spacial score (nSPS) is 12.8. The summed E-state index contributed by atoms with van der Waals surface area (Å²) in [7, 11) is 0. The topological polar surface area (TPSA) is 61.4 Å². The number of benzene rings is 3. The largest absolute Gasteiger partial charge is 0.367 e. The van der Waals surface area contributed by atoms with Gasteiger partial charge in [0.1, 0.15) is 0 Å². The summed E-state index contributed by atoms with van der Waals surface area (Å²) >= 11 is 3.40. The Balaban J connectivity index is 1.32. The SMILES string of the molecule is Cc1cc(Br)ccc1NC(=O)CNC(=O)c1ccc(N2CCc3ccccc3C2)cc1. The van der Waals surface area contributed by atoms with Crippen molar-refractivity contribution in [2.45, 2.75) is 19.9 Å². The van der Waals surface area contributed by atoms with Gasteiger partial charge < -0.3 is 15.5 Å². The van der Waals surface area contributed by atoms with E-state index < -0.39 is 0 Å². The molecular weight excluding hydrogens is 454 g/mol. The number of nitrogens with zero attached hydrogens (tertiary/aromatic N) is 1. The second-order valence-corrected chi connectivity index (χ2v) is 8.59. The minimum absolute atomic E-state index is 0.0843. The zero-order chi connectivity index (χ0) is 21.8. The summed E-state index contributed by atoms with van der Waals surface area (Å²) in [5, 5.41) is 5.51. The molecule has 0 bridgehead atoms. The molecule has 4 rings (SSSR count).